The predicted octanol–water partition coefficient (Wildman–Crippen LogP) is 1.40. The van der Waals surface area contributed by atoms with Gasteiger partial charge in [-0.1, -0.05) is 0 Å². The molecule has 0 saturated carbocycles. The van der Waals surface area contributed by atoms with Gasteiger partial charge >= 0.3 is 0 Å². The third-order valence-corrected chi connectivity index (χ3v) is 4.33. The van der Waals surface area contributed by atoms with Crippen LogP contribution in [0.25, 0.3) is 0 Å². The Balaban J connectivity index is 1.67. The quantitative estimate of drug-likeness (QED) is 0.836. The first-order chi connectivity index (χ1) is 9.60. The average molecular weight is 275 g/mol. The van der Waals surface area contributed by atoms with Gasteiger partial charge in [0.25, 0.3) is 5.91 Å². The molecule has 3 fully saturated rings. The maximum atomic E-state index is 12.5. The molecule has 3 aliphatic heterocycles. The molecule has 3 saturated heterocycles. The minimum atomic E-state index is 0.0817. The lowest BCUT2D eigenvalue weighted by Gasteiger charge is -2.58. The highest BCUT2D eigenvalue weighted by Crippen LogP contribution is 2.34. The van der Waals surface area contributed by atoms with Crippen LogP contribution in [0.1, 0.15) is 30.6 Å². The van der Waals surface area contributed by atoms with Gasteiger partial charge in [-0.15, -0.1) is 0 Å². The van der Waals surface area contributed by atoms with E-state index in [1.54, 1.807) is 25.4 Å². The van der Waals surface area contributed by atoms with Crippen LogP contribution in [0.15, 0.2) is 18.3 Å². The molecule has 5 nitrogen and oxygen atoms in total. The number of piperidine rings is 1. The monoisotopic (exact) mass is 275 g/mol. The van der Waals surface area contributed by atoms with Gasteiger partial charge in [-0.05, 0) is 26.3 Å². The number of amides is 1. The normalized spacial score (nSPS) is 25.5. The molecule has 0 aliphatic carbocycles. The molecule has 0 aromatic carbocycles. The number of methoxy groups -OCH3 is 1. The number of carbonyl (C=O) groups excluding carboxylic acids is 1. The number of piperazine rings is 1. The van der Waals surface area contributed by atoms with Crippen molar-refractivity contribution in [3.8, 4) is 5.88 Å². The van der Waals surface area contributed by atoms with Crippen molar-refractivity contribution in [1.29, 1.82) is 0 Å². The van der Waals surface area contributed by atoms with E-state index in [-0.39, 0.29) is 5.91 Å². The number of nitrogens with zero attached hydrogens (tertiary/aromatic N) is 3. The Morgan fingerprint density at radius 3 is 2.55 bits per heavy atom. The van der Waals surface area contributed by atoms with Crippen molar-refractivity contribution in [1.82, 2.24) is 14.8 Å². The Labute approximate surface area is 119 Å². The topological polar surface area (TPSA) is 45.7 Å². The molecular weight excluding hydrogens is 254 g/mol. The minimum Gasteiger partial charge on any atom is -0.481 e. The zero-order valence-electron chi connectivity index (χ0n) is 12.2. The first kappa shape index (κ1) is 13.4. The fourth-order valence-electron chi connectivity index (χ4n) is 3.46. The summed E-state index contributed by atoms with van der Waals surface area (Å²) >= 11 is 0. The van der Waals surface area contributed by atoms with E-state index in [0.29, 0.717) is 29.6 Å². The van der Waals surface area contributed by atoms with Crippen LogP contribution >= 0.6 is 0 Å². The Kier molecular flexibility index (Phi) is 3.38. The zero-order chi connectivity index (χ0) is 14.3. The van der Waals surface area contributed by atoms with Crippen LogP contribution < -0.4 is 4.74 Å². The van der Waals surface area contributed by atoms with Gasteiger partial charge in [0.1, 0.15) is 0 Å². The summed E-state index contributed by atoms with van der Waals surface area (Å²) in [5.74, 6) is 0.618. The lowest BCUT2D eigenvalue weighted by Crippen LogP contribution is -2.70. The van der Waals surface area contributed by atoms with Crippen molar-refractivity contribution in [3.63, 3.8) is 0 Å². The Morgan fingerprint density at radius 2 is 2.05 bits per heavy atom. The van der Waals surface area contributed by atoms with Gasteiger partial charge in [-0.25, -0.2) is 4.98 Å². The highest BCUT2D eigenvalue weighted by molar-refractivity contribution is 5.94. The van der Waals surface area contributed by atoms with Gasteiger partial charge in [0.2, 0.25) is 5.88 Å². The van der Waals surface area contributed by atoms with E-state index in [9.17, 15) is 4.79 Å². The van der Waals surface area contributed by atoms with E-state index < -0.39 is 0 Å². The maximum absolute atomic E-state index is 12.5. The molecule has 20 heavy (non-hydrogen) atoms. The summed E-state index contributed by atoms with van der Waals surface area (Å²) in [7, 11) is 1.57. The number of hydrogen-bond acceptors (Lipinski definition) is 4. The van der Waals surface area contributed by atoms with Crippen molar-refractivity contribution < 1.29 is 9.53 Å². The molecule has 3 aliphatic rings. The van der Waals surface area contributed by atoms with Crippen molar-refractivity contribution in [2.24, 2.45) is 0 Å². The molecule has 2 atom stereocenters. The van der Waals surface area contributed by atoms with Gasteiger partial charge in [0.05, 0.1) is 12.7 Å². The number of rotatable bonds is 3. The number of pyridine rings is 1. The first-order valence-corrected chi connectivity index (χ1v) is 7.17. The van der Waals surface area contributed by atoms with E-state index in [2.05, 4.69) is 23.7 Å². The molecule has 1 aromatic heterocycles. The van der Waals surface area contributed by atoms with E-state index in [4.69, 9.17) is 4.74 Å². The molecule has 4 heterocycles. The largest absolute Gasteiger partial charge is 0.481 e. The molecule has 5 heteroatoms. The molecule has 108 valence electrons. The second kappa shape index (κ2) is 5.05. The van der Waals surface area contributed by atoms with Crippen LogP contribution in [0.4, 0.5) is 0 Å². The molecular formula is C15H21N3O2. The Morgan fingerprint density at radius 1 is 1.35 bits per heavy atom. The summed E-state index contributed by atoms with van der Waals surface area (Å²) < 4.78 is 5.02. The van der Waals surface area contributed by atoms with Gasteiger partial charge in [0.15, 0.2) is 0 Å². The average Bonchev–Trinajstić information content (AvgIpc) is 2.46. The number of fused-ring (bicyclic) bond motifs is 2. The minimum absolute atomic E-state index is 0.0817. The SMILES string of the molecule is COc1ccc(C(=O)N2CC3CC(C2)N3C(C)C)cn1. The number of hydrogen-bond donors (Lipinski definition) is 0. The lowest BCUT2D eigenvalue weighted by atomic mass is 9.85. The summed E-state index contributed by atoms with van der Waals surface area (Å²) in [5.41, 5.74) is 0.642. The molecule has 0 N–H and O–H groups in total. The van der Waals surface area contributed by atoms with Crippen LogP contribution in [-0.4, -0.2) is 59.0 Å². The molecule has 2 bridgehead atoms. The van der Waals surface area contributed by atoms with Crippen molar-refractivity contribution in [2.45, 2.75) is 38.4 Å². The van der Waals surface area contributed by atoms with Crippen LogP contribution in [0.5, 0.6) is 5.88 Å². The second-order valence-electron chi connectivity index (χ2n) is 5.88. The van der Waals surface area contributed by atoms with Crippen molar-refractivity contribution in [2.75, 3.05) is 20.2 Å². The number of aromatic nitrogens is 1. The van der Waals surface area contributed by atoms with Crippen LogP contribution in [0, 0.1) is 0 Å². The van der Waals surface area contributed by atoms with E-state index in [1.165, 1.54) is 6.42 Å². The third-order valence-electron chi connectivity index (χ3n) is 4.33. The van der Waals surface area contributed by atoms with Gasteiger partial charge in [-0.3, -0.25) is 9.69 Å². The van der Waals surface area contributed by atoms with Crippen molar-refractivity contribution >= 4 is 5.91 Å². The Hall–Kier alpha value is -1.62. The fourth-order valence-corrected chi connectivity index (χ4v) is 3.46. The molecule has 0 radical (unpaired) electrons. The van der Waals surface area contributed by atoms with Gasteiger partial charge in [0, 0.05) is 43.5 Å². The highest BCUT2D eigenvalue weighted by atomic mass is 16.5. The van der Waals surface area contributed by atoms with Gasteiger partial charge in [-0.2, -0.15) is 0 Å². The smallest absolute Gasteiger partial charge is 0.255 e. The predicted molar refractivity (Wildman–Crippen MR) is 75.9 cm³/mol. The van der Waals surface area contributed by atoms with Crippen LogP contribution in [0.3, 0.4) is 0 Å². The highest BCUT2D eigenvalue weighted by Gasteiger charge is 2.46. The summed E-state index contributed by atoms with van der Waals surface area (Å²) in [6.07, 6.45) is 2.82. The molecule has 1 amide bonds. The fraction of sp³-hybridized carbons (Fsp3) is 0.600. The van der Waals surface area contributed by atoms with Crippen molar-refractivity contribution in [3.05, 3.63) is 23.9 Å². The van der Waals surface area contributed by atoms with E-state index in [0.717, 1.165) is 13.1 Å². The lowest BCUT2D eigenvalue weighted by molar-refractivity contribution is -0.0776. The molecule has 4 rings (SSSR count). The third kappa shape index (κ3) is 2.16. The second-order valence-corrected chi connectivity index (χ2v) is 5.88. The van der Waals surface area contributed by atoms with Gasteiger partial charge < -0.3 is 9.64 Å². The first-order valence-electron chi connectivity index (χ1n) is 7.17. The van der Waals surface area contributed by atoms with Crippen LogP contribution in [0.2, 0.25) is 0 Å². The van der Waals surface area contributed by atoms with E-state index in [1.807, 2.05) is 4.90 Å². The number of ether oxygens (including phenoxy) is 1. The summed E-state index contributed by atoms with van der Waals surface area (Å²) in [6.45, 7) is 6.12. The zero-order valence-corrected chi connectivity index (χ0v) is 12.2. The summed E-state index contributed by atoms with van der Waals surface area (Å²) in [4.78, 5) is 21.1. The molecule has 2 unspecified atom stereocenters. The summed E-state index contributed by atoms with van der Waals surface area (Å²) in [6, 6.07) is 5.15. The van der Waals surface area contributed by atoms with Crippen LogP contribution in [-0.2, 0) is 0 Å². The number of carbonyl (C=O) groups is 1. The maximum Gasteiger partial charge on any atom is 0.255 e. The Bertz CT molecular complexity index is 488. The van der Waals surface area contributed by atoms with E-state index >= 15 is 0 Å². The summed E-state index contributed by atoms with van der Waals surface area (Å²) in [5, 5.41) is 0. The molecule has 1 aromatic rings. The molecule has 0 spiro atoms. The standard InChI is InChI=1S/C15H21N3O2/c1-10(2)18-12-6-13(18)9-17(8-12)15(19)11-4-5-14(20-3)16-7-11/h4-5,7,10,12-13H,6,8-9H2,1-3H3.